The highest BCUT2D eigenvalue weighted by Crippen LogP contribution is 2.37. The van der Waals surface area contributed by atoms with Crippen molar-refractivity contribution in [3.63, 3.8) is 0 Å². The molecule has 1 atom stereocenters. The van der Waals surface area contributed by atoms with Gasteiger partial charge in [-0.15, -0.1) is 0 Å². The van der Waals surface area contributed by atoms with Gasteiger partial charge < -0.3 is 10.1 Å². The normalized spacial score (nSPS) is 31.3. The van der Waals surface area contributed by atoms with Gasteiger partial charge in [0.1, 0.15) is 0 Å². The van der Waals surface area contributed by atoms with Gasteiger partial charge in [-0.2, -0.15) is 0 Å². The second-order valence-corrected chi connectivity index (χ2v) is 6.69. The maximum absolute atomic E-state index is 5.52. The summed E-state index contributed by atoms with van der Waals surface area (Å²) in [6, 6.07) is 0.746. The molecule has 1 saturated heterocycles. The SMILES string of the molecule is CCCCC1CCC(C(NC)C2CCOCC2)CC1. The molecule has 1 N–H and O–H groups in total. The summed E-state index contributed by atoms with van der Waals surface area (Å²) >= 11 is 0. The standard InChI is InChI=1S/C17H33NO/c1-3-4-5-14-6-8-15(9-7-14)17(18-2)16-10-12-19-13-11-16/h14-18H,3-13H2,1-2H3. The van der Waals surface area contributed by atoms with E-state index in [2.05, 4.69) is 19.3 Å². The summed E-state index contributed by atoms with van der Waals surface area (Å²) in [5, 5.41) is 3.64. The molecule has 1 aliphatic heterocycles. The first-order valence-corrected chi connectivity index (χ1v) is 8.60. The molecule has 0 aromatic rings. The Morgan fingerprint density at radius 2 is 1.63 bits per heavy atom. The van der Waals surface area contributed by atoms with Crippen molar-refractivity contribution in [2.24, 2.45) is 17.8 Å². The van der Waals surface area contributed by atoms with E-state index in [0.717, 1.165) is 37.0 Å². The van der Waals surface area contributed by atoms with Crippen molar-refractivity contribution in [2.75, 3.05) is 20.3 Å². The smallest absolute Gasteiger partial charge is 0.0469 e. The maximum atomic E-state index is 5.52. The molecule has 1 heterocycles. The average molecular weight is 267 g/mol. The largest absolute Gasteiger partial charge is 0.381 e. The molecule has 2 aliphatic rings. The summed E-state index contributed by atoms with van der Waals surface area (Å²) in [4.78, 5) is 0. The maximum Gasteiger partial charge on any atom is 0.0469 e. The van der Waals surface area contributed by atoms with Crippen LogP contribution in [0.5, 0.6) is 0 Å². The monoisotopic (exact) mass is 267 g/mol. The zero-order chi connectivity index (χ0) is 13.5. The zero-order valence-electron chi connectivity index (χ0n) is 13.0. The molecule has 19 heavy (non-hydrogen) atoms. The van der Waals surface area contributed by atoms with E-state index in [1.807, 2.05) is 0 Å². The summed E-state index contributed by atoms with van der Waals surface area (Å²) in [5.41, 5.74) is 0. The number of hydrogen-bond acceptors (Lipinski definition) is 2. The van der Waals surface area contributed by atoms with E-state index >= 15 is 0 Å². The first kappa shape index (κ1) is 15.3. The number of rotatable bonds is 6. The Bertz CT molecular complexity index is 229. The van der Waals surface area contributed by atoms with Crippen LogP contribution in [0.4, 0.5) is 0 Å². The Labute approximate surface area is 119 Å². The molecule has 2 heteroatoms. The molecule has 0 bridgehead atoms. The Morgan fingerprint density at radius 3 is 2.21 bits per heavy atom. The first-order chi connectivity index (χ1) is 9.35. The third kappa shape index (κ3) is 4.46. The molecule has 0 aromatic carbocycles. The average Bonchev–Trinajstić information content (AvgIpc) is 2.48. The molecule has 112 valence electrons. The molecule has 0 spiro atoms. The van der Waals surface area contributed by atoms with Crippen LogP contribution in [0.1, 0.15) is 64.7 Å². The van der Waals surface area contributed by atoms with Gasteiger partial charge in [0.05, 0.1) is 0 Å². The lowest BCUT2D eigenvalue weighted by Gasteiger charge is -2.39. The van der Waals surface area contributed by atoms with Crippen LogP contribution in [-0.2, 0) is 4.74 Å². The van der Waals surface area contributed by atoms with Gasteiger partial charge in [0.15, 0.2) is 0 Å². The van der Waals surface area contributed by atoms with Gasteiger partial charge >= 0.3 is 0 Å². The van der Waals surface area contributed by atoms with E-state index in [-0.39, 0.29) is 0 Å². The van der Waals surface area contributed by atoms with Gasteiger partial charge in [0.25, 0.3) is 0 Å². The van der Waals surface area contributed by atoms with Crippen molar-refractivity contribution >= 4 is 0 Å². The number of nitrogens with one attached hydrogen (secondary N) is 1. The fourth-order valence-corrected chi connectivity index (χ4v) is 4.26. The van der Waals surface area contributed by atoms with Crippen LogP contribution >= 0.6 is 0 Å². The minimum Gasteiger partial charge on any atom is -0.381 e. The number of ether oxygens (including phenoxy) is 1. The highest BCUT2D eigenvalue weighted by Gasteiger charge is 2.32. The highest BCUT2D eigenvalue weighted by atomic mass is 16.5. The molecule has 1 saturated carbocycles. The van der Waals surface area contributed by atoms with Crippen molar-refractivity contribution in [3.8, 4) is 0 Å². The van der Waals surface area contributed by atoms with E-state index in [1.54, 1.807) is 0 Å². The van der Waals surface area contributed by atoms with E-state index in [4.69, 9.17) is 4.74 Å². The van der Waals surface area contributed by atoms with Gasteiger partial charge in [-0.1, -0.05) is 39.0 Å². The third-order valence-corrected chi connectivity index (χ3v) is 5.47. The van der Waals surface area contributed by atoms with E-state index in [0.29, 0.717) is 0 Å². The number of hydrogen-bond donors (Lipinski definition) is 1. The minimum absolute atomic E-state index is 0.746. The Hall–Kier alpha value is -0.0800. The molecular formula is C17H33NO. The second-order valence-electron chi connectivity index (χ2n) is 6.69. The van der Waals surface area contributed by atoms with Gasteiger partial charge in [-0.25, -0.2) is 0 Å². The molecule has 2 rings (SSSR count). The van der Waals surface area contributed by atoms with E-state index < -0.39 is 0 Å². The summed E-state index contributed by atoms with van der Waals surface area (Å²) < 4.78 is 5.52. The van der Waals surface area contributed by atoms with Crippen LogP contribution in [0.3, 0.4) is 0 Å². The lowest BCUT2D eigenvalue weighted by atomic mass is 9.72. The van der Waals surface area contributed by atoms with Crippen molar-refractivity contribution in [1.29, 1.82) is 0 Å². The van der Waals surface area contributed by atoms with Gasteiger partial charge in [0.2, 0.25) is 0 Å². The van der Waals surface area contributed by atoms with Crippen molar-refractivity contribution in [3.05, 3.63) is 0 Å². The predicted molar refractivity (Wildman–Crippen MR) is 81.4 cm³/mol. The molecule has 2 nitrogen and oxygen atoms in total. The Kier molecular flexibility index (Phi) is 6.66. The molecule has 1 unspecified atom stereocenters. The van der Waals surface area contributed by atoms with Crippen LogP contribution in [0.15, 0.2) is 0 Å². The van der Waals surface area contributed by atoms with Crippen molar-refractivity contribution in [1.82, 2.24) is 5.32 Å². The molecule has 0 aromatic heterocycles. The van der Waals surface area contributed by atoms with Crippen molar-refractivity contribution in [2.45, 2.75) is 70.8 Å². The zero-order valence-corrected chi connectivity index (χ0v) is 13.0. The second kappa shape index (κ2) is 8.26. The van der Waals surface area contributed by atoms with Crippen LogP contribution in [0.2, 0.25) is 0 Å². The summed E-state index contributed by atoms with van der Waals surface area (Å²) in [5.74, 6) is 2.81. The quantitative estimate of drug-likeness (QED) is 0.785. The fraction of sp³-hybridized carbons (Fsp3) is 1.00. The molecule has 2 fully saturated rings. The highest BCUT2D eigenvalue weighted by molar-refractivity contribution is 4.86. The summed E-state index contributed by atoms with van der Waals surface area (Å²) in [7, 11) is 2.17. The molecule has 0 amide bonds. The lowest BCUT2D eigenvalue weighted by molar-refractivity contribution is 0.0397. The van der Waals surface area contributed by atoms with Crippen LogP contribution in [0.25, 0.3) is 0 Å². The minimum atomic E-state index is 0.746. The van der Waals surface area contributed by atoms with Crippen LogP contribution < -0.4 is 5.32 Å². The Balaban J connectivity index is 1.77. The van der Waals surface area contributed by atoms with Crippen LogP contribution in [0, 0.1) is 17.8 Å². The van der Waals surface area contributed by atoms with E-state index in [9.17, 15) is 0 Å². The molecule has 1 aliphatic carbocycles. The molecule has 0 radical (unpaired) electrons. The Morgan fingerprint density at radius 1 is 1.00 bits per heavy atom. The lowest BCUT2D eigenvalue weighted by Crippen LogP contribution is -2.43. The van der Waals surface area contributed by atoms with E-state index in [1.165, 1.54) is 57.8 Å². The van der Waals surface area contributed by atoms with Crippen LogP contribution in [-0.4, -0.2) is 26.3 Å². The summed E-state index contributed by atoms with van der Waals surface area (Å²) in [6.45, 7) is 4.27. The van der Waals surface area contributed by atoms with Gasteiger partial charge in [-0.05, 0) is 50.5 Å². The van der Waals surface area contributed by atoms with Crippen molar-refractivity contribution < 1.29 is 4.74 Å². The fourth-order valence-electron chi connectivity index (χ4n) is 4.26. The first-order valence-electron chi connectivity index (χ1n) is 8.60. The number of unbranched alkanes of at least 4 members (excludes halogenated alkanes) is 1. The third-order valence-electron chi connectivity index (χ3n) is 5.47. The topological polar surface area (TPSA) is 21.3 Å². The predicted octanol–water partition coefficient (Wildman–Crippen LogP) is 4.00. The summed E-state index contributed by atoms with van der Waals surface area (Å²) in [6.07, 6.45) is 12.7. The van der Waals surface area contributed by atoms with Gasteiger partial charge in [-0.3, -0.25) is 0 Å². The van der Waals surface area contributed by atoms with Gasteiger partial charge in [0, 0.05) is 19.3 Å². The molecular weight excluding hydrogens is 234 g/mol.